The van der Waals surface area contributed by atoms with Crippen molar-refractivity contribution < 1.29 is 21.6 Å². The maximum atomic E-state index is 13.6. The third-order valence-corrected chi connectivity index (χ3v) is 5.76. The van der Waals surface area contributed by atoms with Crippen LogP contribution in [0.3, 0.4) is 0 Å². The SMILES string of the molecule is CS(=O)(=O)c1ccc(-n2nc(C(F)(F)F)c3ccc4cc(Cl)ccc4c32)cc1. The predicted molar refractivity (Wildman–Crippen MR) is 102 cm³/mol. The van der Waals surface area contributed by atoms with E-state index in [0.717, 1.165) is 6.26 Å². The number of halogens is 4. The van der Waals surface area contributed by atoms with Crippen LogP contribution in [0.1, 0.15) is 5.69 Å². The van der Waals surface area contributed by atoms with E-state index in [1.165, 1.54) is 35.0 Å². The van der Waals surface area contributed by atoms with Crippen molar-refractivity contribution in [3.63, 3.8) is 0 Å². The monoisotopic (exact) mass is 424 g/mol. The van der Waals surface area contributed by atoms with Crippen LogP contribution >= 0.6 is 11.6 Å². The summed E-state index contributed by atoms with van der Waals surface area (Å²) < 4.78 is 65.1. The van der Waals surface area contributed by atoms with E-state index in [-0.39, 0.29) is 15.8 Å². The number of hydrogen-bond donors (Lipinski definition) is 0. The van der Waals surface area contributed by atoms with Gasteiger partial charge in [-0.2, -0.15) is 18.3 Å². The lowest BCUT2D eigenvalue weighted by Gasteiger charge is -2.07. The van der Waals surface area contributed by atoms with E-state index in [4.69, 9.17) is 11.6 Å². The Morgan fingerprint density at radius 3 is 2.21 bits per heavy atom. The van der Waals surface area contributed by atoms with E-state index in [0.29, 0.717) is 21.5 Å². The first-order valence-electron chi connectivity index (χ1n) is 8.04. The van der Waals surface area contributed by atoms with Crippen molar-refractivity contribution in [1.29, 1.82) is 0 Å². The Hall–Kier alpha value is -2.58. The molecule has 0 unspecified atom stereocenters. The number of alkyl halides is 3. The van der Waals surface area contributed by atoms with Crippen LogP contribution in [0.15, 0.2) is 59.5 Å². The molecule has 0 bridgehead atoms. The second-order valence-corrected chi connectivity index (χ2v) is 8.80. The summed E-state index contributed by atoms with van der Waals surface area (Å²) in [6, 6.07) is 13.4. The van der Waals surface area contributed by atoms with Crippen LogP contribution in [0.5, 0.6) is 0 Å². The van der Waals surface area contributed by atoms with E-state index in [9.17, 15) is 21.6 Å². The summed E-state index contributed by atoms with van der Waals surface area (Å²) in [4.78, 5) is 0.0698. The highest BCUT2D eigenvalue weighted by Gasteiger charge is 2.37. The van der Waals surface area contributed by atoms with Crippen LogP contribution in [0, 0.1) is 0 Å². The zero-order chi connectivity index (χ0) is 20.3. The van der Waals surface area contributed by atoms with Gasteiger partial charge in [0.1, 0.15) is 0 Å². The molecule has 4 rings (SSSR count). The molecule has 0 fully saturated rings. The molecular weight excluding hydrogens is 413 g/mol. The molecule has 9 heteroatoms. The van der Waals surface area contributed by atoms with Gasteiger partial charge >= 0.3 is 6.18 Å². The lowest BCUT2D eigenvalue weighted by atomic mass is 10.1. The lowest BCUT2D eigenvalue weighted by Crippen LogP contribution is -2.07. The van der Waals surface area contributed by atoms with Crippen LogP contribution < -0.4 is 0 Å². The molecule has 0 amide bonds. The van der Waals surface area contributed by atoms with Crippen LogP contribution in [-0.2, 0) is 16.0 Å². The van der Waals surface area contributed by atoms with Gasteiger partial charge in [0.2, 0.25) is 0 Å². The Morgan fingerprint density at radius 2 is 1.61 bits per heavy atom. The van der Waals surface area contributed by atoms with E-state index >= 15 is 0 Å². The molecule has 1 aromatic heterocycles. The average molecular weight is 425 g/mol. The minimum atomic E-state index is -4.64. The van der Waals surface area contributed by atoms with Gasteiger partial charge < -0.3 is 0 Å². The predicted octanol–water partition coefficient (Wildman–Crippen LogP) is 5.25. The third kappa shape index (κ3) is 3.12. The number of aromatic nitrogens is 2. The van der Waals surface area contributed by atoms with Gasteiger partial charge in [-0.25, -0.2) is 13.1 Å². The van der Waals surface area contributed by atoms with Crippen LogP contribution in [-0.4, -0.2) is 24.5 Å². The zero-order valence-electron chi connectivity index (χ0n) is 14.3. The molecule has 0 spiro atoms. The first kappa shape index (κ1) is 18.8. The largest absolute Gasteiger partial charge is 0.435 e. The number of nitrogens with zero attached hydrogens (tertiary/aromatic N) is 2. The van der Waals surface area contributed by atoms with Crippen LogP contribution in [0.4, 0.5) is 13.2 Å². The van der Waals surface area contributed by atoms with Crippen molar-refractivity contribution in [3.8, 4) is 5.69 Å². The molecule has 0 radical (unpaired) electrons. The van der Waals surface area contributed by atoms with E-state index in [2.05, 4.69) is 5.10 Å². The van der Waals surface area contributed by atoms with Gasteiger partial charge in [-0.05, 0) is 47.9 Å². The molecule has 144 valence electrons. The summed E-state index contributed by atoms with van der Waals surface area (Å²) in [5.41, 5.74) is -0.421. The van der Waals surface area contributed by atoms with Gasteiger partial charge in [-0.3, -0.25) is 0 Å². The zero-order valence-corrected chi connectivity index (χ0v) is 15.9. The highest BCUT2D eigenvalue weighted by Crippen LogP contribution is 2.38. The smallest absolute Gasteiger partial charge is 0.232 e. The lowest BCUT2D eigenvalue weighted by molar-refractivity contribution is -0.140. The Balaban J connectivity index is 2.07. The molecule has 0 N–H and O–H groups in total. The maximum absolute atomic E-state index is 13.6. The fourth-order valence-corrected chi connectivity index (χ4v) is 3.95. The highest BCUT2D eigenvalue weighted by atomic mass is 35.5. The van der Waals surface area contributed by atoms with Crippen molar-refractivity contribution >= 4 is 43.1 Å². The molecule has 0 atom stereocenters. The third-order valence-electron chi connectivity index (χ3n) is 4.40. The molecule has 0 aliphatic heterocycles. The summed E-state index contributed by atoms with van der Waals surface area (Å²) >= 11 is 6.01. The van der Waals surface area contributed by atoms with Gasteiger partial charge in [-0.1, -0.05) is 23.7 Å². The molecule has 0 saturated carbocycles. The van der Waals surface area contributed by atoms with Crippen molar-refractivity contribution in [2.75, 3.05) is 6.26 Å². The molecule has 0 aliphatic carbocycles. The fraction of sp³-hybridized carbons (Fsp3) is 0.105. The van der Waals surface area contributed by atoms with Crippen LogP contribution in [0.25, 0.3) is 27.4 Å². The molecule has 1 heterocycles. The summed E-state index contributed by atoms with van der Waals surface area (Å²) in [7, 11) is -3.43. The second-order valence-electron chi connectivity index (χ2n) is 6.35. The summed E-state index contributed by atoms with van der Waals surface area (Å²) in [6.07, 6.45) is -3.58. The molecule has 0 aliphatic rings. The van der Waals surface area contributed by atoms with Gasteiger partial charge in [0.05, 0.1) is 16.1 Å². The molecule has 4 aromatic rings. The van der Waals surface area contributed by atoms with Crippen molar-refractivity contribution in [2.45, 2.75) is 11.1 Å². The summed E-state index contributed by atoms with van der Waals surface area (Å²) in [5, 5.41) is 5.44. The first-order chi connectivity index (χ1) is 13.1. The van der Waals surface area contributed by atoms with E-state index < -0.39 is 21.7 Å². The summed E-state index contributed by atoms with van der Waals surface area (Å²) in [5.74, 6) is 0. The minimum absolute atomic E-state index is 0.0467. The Bertz CT molecular complexity index is 1330. The topological polar surface area (TPSA) is 52.0 Å². The number of sulfone groups is 1. The van der Waals surface area contributed by atoms with Gasteiger partial charge in [0.25, 0.3) is 0 Å². The van der Waals surface area contributed by atoms with Crippen molar-refractivity contribution in [2.24, 2.45) is 0 Å². The fourth-order valence-electron chi connectivity index (χ4n) is 3.14. The Kier molecular flexibility index (Phi) is 4.17. The Labute approximate surface area is 163 Å². The second kappa shape index (κ2) is 6.22. The molecule has 28 heavy (non-hydrogen) atoms. The van der Waals surface area contributed by atoms with Gasteiger partial charge in [-0.15, -0.1) is 0 Å². The van der Waals surface area contributed by atoms with Crippen molar-refractivity contribution in [3.05, 3.63) is 65.3 Å². The number of fused-ring (bicyclic) bond motifs is 3. The standard InChI is InChI=1S/C19H12ClF3N2O2S/c1-28(26,27)14-6-4-13(5-7-14)25-17-15-9-3-12(20)10-11(15)2-8-16(17)18(24-25)19(21,22)23/h2-10H,1H3. The number of benzene rings is 3. The quantitative estimate of drug-likeness (QED) is 0.441. The highest BCUT2D eigenvalue weighted by molar-refractivity contribution is 7.90. The minimum Gasteiger partial charge on any atom is -0.232 e. The number of rotatable bonds is 2. The maximum Gasteiger partial charge on any atom is 0.435 e. The van der Waals surface area contributed by atoms with Crippen LogP contribution in [0.2, 0.25) is 5.02 Å². The average Bonchev–Trinajstić information content (AvgIpc) is 3.01. The summed E-state index contributed by atoms with van der Waals surface area (Å²) in [6.45, 7) is 0. The van der Waals surface area contributed by atoms with E-state index in [1.54, 1.807) is 24.3 Å². The Morgan fingerprint density at radius 1 is 0.964 bits per heavy atom. The van der Waals surface area contributed by atoms with Gasteiger partial charge in [0, 0.05) is 22.1 Å². The normalized spacial score (nSPS) is 12.8. The molecular formula is C19H12ClF3N2O2S. The van der Waals surface area contributed by atoms with Gasteiger partial charge in [0.15, 0.2) is 15.5 Å². The molecule has 0 saturated heterocycles. The molecule has 4 nitrogen and oxygen atoms in total. The number of hydrogen-bond acceptors (Lipinski definition) is 3. The van der Waals surface area contributed by atoms with E-state index in [1.807, 2.05) is 0 Å². The van der Waals surface area contributed by atoms with Crippen molar-refractivity contribution in [1.82, 2.24) is 9.78 Å². The molecule has 3 aromatic carbocycles. The first-order valence-corrected chi connectivity index (χ1v) is 10.3.